The fraction of sp³-hybridized carbons (Fsp3) is 0.650. The molecule has 1 aliphatic carbocycles. The van der Waals surface area contributed by atoms with Crippen molar-refractivity contribution in [3.8, 4) is 0 Å². The van der Waals surface area contributed by atoms with E-state index in [1.165, 1.54) is 12.1 Å². The molecule has 2 fully saturated rings. The van der Waals surface area contributed by atoms with E-state index >= 15 is 0 Å². The third-order valence-corrected chi connectivity index (χ3v) is 7.49. The van der Waals surface area contributed by atoms with Crippen LogP contribution in [-0.4, -0.2) is 75.1 Å². The van der Waals surface area contributed by atoms with Crippen molar-refractivity contribution in [2.75, 3.05) is 33.7 Å². The molecule has 0 radical (unpaired) electrons. The summed E-state index contributed by atoms with van der Waals surface area (Å²) in [4.78, 5) is 17.0. The highest BCUT2D eigenvalue weighted by Gasteiger charge is 2.43. The van der Waals surface area contributed by atoms with Crippen LogP contribution in [0.15, 0.2) is 29.2 Å². The maximum Gasteiger partial charge on any atom is 0.253 e. The number of rotatable bonds is 6. The van der Waals surface area contributed by atoms with E-state index in [9.17, 15) is 18.3 Å². The van der Waals surface area contributed by atoms with E-state index in [2.05, 4.69) is 9.62 Å². The lowest BCUT2D eigenvalue weighted by atomic mass is 9.77. The summed E-state index contributed by atoms with van der Waals surface area (Å²) in [6, 6.07) is 6.28. The summed E-state index contributed by atoms with van der Waals surface area (Å²) in [6.45, 7) is 3.63. The van der Waals surface area contributed by atoms with Gasteiger partial charge in [-0.05, 0) is 69.5 Å². The smallest absolute Gasteiger partial charge is 0.253 e. The summed E-state index contributed by atoms with van der Waals surface area (Å²) in [5.41, 5.74) is 0.498. The van der Waals surface area contributed by atoms with E-state index in [-0.39, 0.29) is 22.9 Å². The van der Waals surface area contributed by atoms with Gasteiger partial charge in [0.05, 0.1) is 11.0 Å². The van der Waals surface area contributed by atoms with Crippen LogP contribution >= 0.6 is 0 Å². The quantitative estimate of drug-likeness (QED) is 0.736. The second kappa shape index (κ2) is 8.49. The number of likely N-dealkylation sites (N-methyl/N-ethyl adjacent to an activating group) is 1. The largest absolute Gasteiger partial charge is 0.391 e. The van der Waals surface area contributed by atoms with Crippen LogP contribution in [0.2, 0.25) is 0 Å². The van der Waals surface area contributed by atoms with Crippen molar-refractivity contribution in [2.24, 2.45) is 11.8 Å². The van der Waals surface area contributed by atoms with Gasteiger partial charge in [-0.15, -0.1) is 0 Å². The zero-order valence-corrected chi connectivity index (χ0v) is 17.7. The molecule has 0 bridgehead atoms. The normalized spacial score (nSPS) is 27.8. The fourth-order valence-corrected chi connectivity index (χ4v) is 5.54. The Bertz CT molecular complexity index is 794. The average Bonchev–Trinajstić information content (AvgIpc) is 3.08. The Hall–Kier alpha value is -1.48. The Kier molecular flexibility index (Phi) is 6.44. The van der Waals surface area contributed by atoms with Crippen LogP contribution in [0.5, 0.6) is 0 Å². The number of nitrogens with one attached hydrogen (secondary N) is 1. The Labute approximate surface area is 167 Å². The van der Waals surface area contributed by atoms with Crippen LogP contribution in [0.1, 0.15) is 36.5 Å². The van der Waals surface area contributed by atoms with Gasteiger partial charge in [-0.2, -0.15) is 0 Å². The monoisotopic (exact) mass is 409 g/mol. The van der Waals surface area contributed by atoms with Gasteiger partial charge < -0.3 is 14.9 Å². The third kappa shape index (κ3) is 4.40. The number of hydrogen-bond donors (Lipinski definition) is 2. The van der Waals surface area contributed by atoms with Crippen LogP contribution in [0.3, 0.4) is 0 Å². The summed E-state index contributed by atoms with van der Waals surface area (Å²) in [5.74, 6) is 0.654. The lowest BCUT2D eigenvalue weighted by Gasteiger charge is -2.38. The molecule has 1 aromatic carbocycles. The predicted octanol–water partition coefficient (Wildman–Crippen LogP) is 1.15. The van der Waals surface area contributed by atoms with Gasteiger partial charge in [0.15, 0.2) is 0 Å². The summed E-state index contributed by atoms with van der Waals surface area (Å²) in [5, 5.41) is 10.4. The Morgan fingerprint density at radius 1 is 1.18 bits per heavy atom. The van der Waals surface area contributed by atoms with Gasteiger partial charge in [0.2, 0.25) is 10.0 Å². The highest BCUT2D eigenvalue weighted by atomic mass is 32.2. The maximum atomic E-state index is 12.9. The zero-order valence-electron chi connectivity index (χ0n) is 16.8. The molecule has 1 saturated carbocycles. The van der Waals surface area contributed by atoms with E-state index in [0.29, 0.717) is 37.0 Å². The molecule has 28 heavy (non-hydrogen) atoms. The number of carbonyl (C=O) groups excluding carboxylic acids is 1. The SMILES string of the molecule is CCCNS(=O)(=O)c1ccc(C(=O)N2C[C@H]3C[C@@H](N(C)C)[C@H](O)C[C@H]3C2)cc1. The molecule has 7 nitrogen and oxygen atoms in total. The van der Waals surface area contributed by atoms with Crippen LogP contribution in [-0.2, 0) is 10.0 Å². The van der Waals surface area contributed by atoms with Crippen molar-refractivity contribution >= 4 is 15.9 Å². The molecule has 3 rings (SSSR count). The highest BCUT2D eigenvalue weighted by Crippen LogP contribution is 2.38. The number of sulfonamides is 1. The van der Waals surface area contributed by atoms with E-state index in [4.69, 9.17) is 0 Å². The van der Waals surface area contributed by atoms with E-state index in [1.807, 2.05) is 25.9 Å². The second-order valence-electron chi connectivity index (χ2n) is 8.22. The molecule has 1 saturated heterocycles. The van der Waals surface area contributed by atoms with Crippen LogP contribution in [0, 0.1) is 11.8 Å². The summed E-state index contributed by atoms with van der Waals surface area (Å²) < 4.78 is 26.9. The first kappa shape index (κ1) is 21.2. The number of fused-ring (bicyclic) bond motifs is 1. The average molecular weight is 410 g/mol. The Morgan fingerprint density at radius 2 is 1.79 bits per heavy atom. The van der Waals surface area contributed by atoms with Crippen molar-refractivity contribution in [1.82, 2.24) is 14.5 Å². The Balaban J connectivity index is 1.67. The standard InChI is InChI=1S/C20H31N3O4S/c1-4-9-21-28(26,27)17-7-5-14(6-8-17)20(25)23-12-15-10-18(22(2)3)19(24)11-16(15)13-23/h5-8,15-16,18-19,21,24H,4,9-13H2,1-3H3/t15-,16+,18-,19-/m1/s1. The molecular weight excluding hydrogens is 378 g/mol. The van der Waals surface area contributed by atoms with Gasteiger partial charge in [-0.1, -0.05) is 6.92 Å². The summed E-state index contributed by atoms with van der Waals surface area (Å²) in [6.07, 6.45) is 1.98. The molecule has 2 N–H and O–H groups in total. The van der Waals surface area contributed by atoms with E-state index < -0.39 is 10.0 Å². The van der Waals surface area contributed by atoms with E-state index in [1.54, 1.807) is 12.1 Å². The Morgan fingerprint density at radius 3 is 2.36 bits per heavy atom. The highest BCUT2D eigenvalue weighted by molar-refractivity contribution is 7.89. The number of benzene rings is 1. The molecule has 8 heteroatoms. The maximum absolute atomic E-state index is 12.9. The number of likely N-dealkylation sites (tertiary alicyclic amines) is 1. The van der Waals surface area contributed by atoms with Gasteiger partial charge in [0.25, 0.3) is 5.91 Å². The number of amides is 1. The minimum atomic E-state index is -3.53. The second-order valence-corrected chi connectivity index (χ2v) is 9.99. The van der Waals surface area contributed by atoms with Crippen molar-refractivity contribution in [2.45, 2.75) is 43.2 Å². The predicted molar refractivity (Wildman–Crippen MR) is 108 cm³/mol. The molecule has 1 heterocycles. The first-order chi connectivity index (χ1) is 13.2. The van der Waals surface area contributed by atoms with Gasteiger partial charge in [-0.25, -0.2) is 13.1 Å². The van der Waals surface area contributed by atoms with Crippen molar-refractivity contribution in [3.05, 3.63) is 29.8 Å². The lowest BCUT2D eigenvalue weighted by molar-refractivity contribution is 0.00940. The third-order valence-electron chi connectivity index (χ3n) is 6.01. The van der Waals surface area contributed by atoms with Gasteiger partial charge in [0, 0.05) is 31.2 Å². The lowest BCUT2D eigenvalue weighted by Crippen LogP contribution is -2.46. The molecule has 2 aliphatic rings. The molecule has 156 valence electrons. The van der Waals surface area contributed by atoms with Crippen LogP contribution < -0.4 is 4.72 Å². The minimum Gasteiger partial charge on any atom is -0.391 e. The molecular formula is C20H31N3O4S. The fourth-order valence-electron chi connectivity index (χ4n) is 4.41. The van der Waals surface area contributed by atoms with Crippen molar-refractivity contribution in [3.63, 3.8) is 0 Å². The molecule has 0 aromatic heterocycles. The number of aliphatic hydroxyl groups excluding tert-OH is 1. The first-order valence-corrected chi connectivity index (χ1v) is 11.4. The van der Waals surface area contributed by atoms with Gasteiger partial charge in [0.1, 0.15) is 0 Å². The zero-order chi connectivity index (χ0) is 20.5. The number of nitrogens with zero attached hydrogens (tertiary/aromatic N) is 2. The first-order valence-electron chi connectivity index (χ1n) is 9.96. The molecule has 1 aromatic rings. The van der Waals surface area contributed by atoms with Crippen LogP contribution in [0.4, 0.5) is 0 Å². The molecule has 1 aliphatic heterocycles. The van der Waals surface area contributed by atoms with Gasteiger partial charge in [-0.3, -0.25) is 4.79 Å². The van der Waals surface area contributed by atoms with Crippen LogP contribution in [0.25, 0.3) is 0 Å². The van der Waals surface area contributed by atoms with Crippen molar-refractivity contribution in [1.29, 1.82) is 0 Å². The molecule has 1 amide bonds. The topological polar surface area (TPSA) is 90.0 Å². The number of aliphatic hydroxyl groups is 1. The summed E-state index contributed by atoms with van der Waals surface area (Å²) in [7, 11) is 0.437. The molecule has 0 unspecified atom stereocenters. The minimum absolute atomic E-state index is 0.0734. The summed E-state index contributed by atoms with van der Waals surface area (Å²) >= 11 is 0. The number of carbonyl (C=O) groups is 1. The number of hydrogen-bond acceptors (Lipinski definition) is 5. The van der Waals surface area contributed by atoms with Gasteiger partial charge >= 0.3 is 0 Å². The molecule has 0 spiro atoms. The molecule has 4 atom stereocenters. The van der Waals surface area contributed by atoms with E-state index in [0.717, 1.165) is 19.3 Å². The van der Waals surface area contributed by atoms with Crippen molar-refractivity contribution < 1.29 is 18.3 Å².